The number of hydrogen-bond donors (Lipinski definition) is 2. The van der Waals surface area contributed by atoms with Gasteiger partial charge < -0.3 is 14.8 Å². The zero-order valence-electron chi connectivity index (χ0n) is 14.2. The van der Waals surface area contributed by atoms with Crippen molar-refractivity contribution in [3.05, 3.63) is 22.9 Å². The van der Waals surface area contributed by atoms with Crippen molar-refractivity contribution in [3.63, 3.8) is 0 Å². The molecule has 0 radical (unpaired) electrons. The molecule has 1 atom stereocenters. The van der Waals surface area contributed by atoms with Crippen LogP contribution in [0.15, 0.2) is 6.07 Å². The van der Waals surface area contributed by atoms with Gasteiger partial charge in [-0.15, -0.1) is 0 Å². The van der Waals surface area contributed by atoms with E-state index in [0.29, 0.717) is 17.0 Å². The van der Waals surface area contributed by atoms with Crippen molar-refractivity contribution in [2.45, 2.75) is 47.0 Å². The molecule has 1 aliphatic carbocycles. The van der Waals surface area contributed by atoms with Crippen LogP contribution in [0, 0.1) is 11.3 Å². The van der Waals surface area contributed by atoms with E-state index in [4.69, 9.17) is 4.74 Å². The van der Waals surface area contributed by atoms with Crippen LogP contribution in [0.5, 0.6) is 5.88 Å². The Morgan fingerprint density at radius 3 is 2.87 bits per heavy atom. The van der Waals surface area contributed by atoms with Crippen LogP contribution >= 0.6 is 0 Å². The highest BCUT2D eigenvalue weighted by Gasteiger charge is 2.30. The van der Waals surface area contributed by atoms with Gasteiger partial charge in [-0.1, -0.05) is 20.8 Å². The standard InChI is InChI=1S/C18H24N2O3/c1-5-23-17(22)14-15-13(20-16(14)21)9-10-8-11(18(2,3)4)6-7-12(10)19-15/h9,11,20-21H,5-8H2,1-4H3. The SMILES string of the molecule is CCOC(=O)c1c(O)[nH]c2cc3c(nc12)CCC(C(C)(C)C)C3. The molecule has 23 heavy (non-hydrogen) atoms. The molecule has 2 aromatic heterocycles. The number of nitrogens with one attached hydrogen (secondary N) is 1. The minimum Gasteiger partial charge on any atom is -0.494 e. The number of nitrogens with zero attached hydrogens (tertiary/aromatic N) is 1. The molecular weight excluding hydrogens is 292 g/mol. The van der Waals surface area contributed by atoms with E-state index in [0.717, 1.165) is 25.0 Å². The number of aryl methyl sites for hydroxylation is 1. The highest BCUT2D eigenvalue weighted by molar-refractivity contribution is 6.05. The van der Waals surface area contributed by atoms with Gasteiger partial charge in [0.2, 0.25) is 5.88 Å². The van der Waals surface area contributed by atoms with E-state index in [1.54, 1.807) is 6.92 Å². The topological polar surface area (TPSA) is 75.2 Å². The van der Waals surface area contributed by atoms with E-state index in [2.05, 4.69) is 30.7 Å². The Balaban J connectivity index is 2.04. The number of aromatic nitrogens is 2. The molecule has 3 rings (SSSR count). The lowest BCUT2D eigenvalue weighted by Gasteiger charge is -2.34. The maximum Gasteiger partial charge on any atom is 0.345 e. The van der Waals surface area contributed by atoms with Gasteiger partial charge in [0, 0.05) is 5.69 Å². The van der Waals surface area contributed by atoms with Crippen molar-refractivity contribution in [2.24, 2.45) is 11.3 Å². The van der Waals surface area contributed by atoms with Gasteiger partial charge in [-0.25, -0.2) is 9.78 Å². The van der Waals surface area contributed by atoms with Crippen molar-refractivity contribution in [1.29, 1.82) is 0 Å². The van der Waals surface area contributed by atoms with Gasteiger partial charge in [0.25, 0.3) is 0 Å². The van der Waals surface area contributed by atoms with Crippen molar-refractivity contribution in [1.82, 2.24) is 9.97 Å². The van der Waals surface area contributed by atoms with Crippen LogP contribution < -0.4 is 0 Å². The van der Waals surface area contributed by atoms with Gasteiger partial charge >= 0.3 is 5.97 Å². The van der Waals surface area contributed by atoms with E-state index in [-0.39, 0.29) is 23.5 Å². The van der Waals surface area contributed by atoms with E-state index in [1.807, 2.05) is 6.07 Å². The van der Waals surface area contributed by atoms with Crippen LogP contribution in [-0.2, 0) is 17.6 Å². The largest absolute Gasteiger partial charge is 0.494 e. The lowest BCUT2D eigenvalue weighted by atomic mass is 9.71. The molecule has 5 nitrogen and oxygen atoms in total. The summed E-state index contributed by atoms with van der Waals surface area (Å²) >= 11 is 0. The second-order valence-corrected chi connectivity index (χ2v) is 7.37. The summed E-state index contributed by atoms with van der Waals surface area (Å²) in [6.45, 7) is 8.82. The minimum absolute atomic E-state index is 0.141. The summed E-state index contributed by atoms with van der Waals surface area (Å²) in [5.41, 5.74) is 3.85. The summed E-state index contributed by atoms with van der Waals surface area (Å²) in [5, 5.41) is 10.1. The summed E-state index contributed by atoms with van der Waals surface area (Å²) < 4.78 is 5.02. The fourth-order valence-electron chi connectivity index (χ4n) is 3.39. The number of rotatable bonds is 2. The first kappa shape index (κ1) is 15.8. The highest BCUT2D eigenvalue weighted by Crippen LogP contribution is 2.38. The fraction of sp³-hybridized carbons (Fsp3) is 0.556. The molecule has 0 amide bonds. The van der Waals surface area contributed by atoms with Crippen molar-refractivity contribution < 1.29 is 14.6 Å². The quantitative estimate of drug-likeness (QED) is 0.830. The number of H-pyrrole nitrogens is 1. The second-order valence-electron chi connectivity index (χ2n) is 7.37. The predicted molar refractivity (Wildman–Crippen MR) is 88.7 cm³/mol. The number of ether oxygens (including phenoxy) is 1. The third-order valence-electron chi connectivity index (χ3n) is 4.82. The van der Waals surface area contributed by atoms with Gasteiger partial charge in [-0.05, 0) is 49.1 Å². The summed E-state index contributed by atoms with van der Waals surface area (Å²) in [6, 6.07) is 2.03. The summed E-state index contributed by atoms with van der Waals surface area (Å²) in [5.74, 6) is -0.0879. The third kappa shape index (κ3) is 2.80. The van der Waals surface area contributed by atoms with Crippen molar-refractivity contribution >= 4 is 17.0 Å². The second kappa shape index (κ2) is 5.55. The molecule has 0 saturated heterocycles. The molecule has 1 aliphatic rings. The molecule has 2 heterocycles. The van der Waals surface area contributed by atoms with Gasteiger partial charge in [0.15, 0.2) is 0 Å². The highest BCUT2D eigenvalue weighted by atomic mass is 16.5. The smallest absolute Gasteiger partial charge is 0.345 e. The van der Waals surface area contributed by atoms with Crippen LogP contribution in [0.1, 0.15) is 55.7 Å². The Hall–Kier alpha value is -2.04. The molecular formula is C18H24N2O3. The van der Waals surface area contributed by atoms with Gasteiger partial charge in [-0.2, -0.15) is 0 Å². The molecule has 0 spiro atoms. The Morgan fingerprint density at radius 1 is 1.48 bits per heavy atom. The van der Waals surface area contributed by atoms with Crippen molar-refractivity contribution in [2.75, 3.05) is 6.61 Å². The van der Waals surface area contributed by atoms with Gasteiger partial charge in [0.1, 0.15) is 11.1 Å². The molecule has 0 aliphatic heterocycles. The first-order valence-electron chi connectivity index (χ1n) is 8.21. The molecule has 5 heteroatoms. The number of pyridine rings is 1. The van der Waals surface area contributed by atoms with Crippen LogP contribution in [0.2, 0.25) is 0 Å². The van der Waals surface area contributed by atoms with Crippen LogP contribution in [0.3, 0.4) is 0 Å². The van der Waals surface area contributed by atoms with E-state index in [9.17, 15) is 9.90 Å². The number of carbonyl (C=O) groups excluding carboxylic acids is 1. The molecule has 0 bridgehead atoms. The number of fused-ring (bicyclic) bond motifs is 2. The number of hydrogen-bond acceptors (Lipinski definition) is 4. The van der Waals surface area contributed by atoms with E-state index < -0.39 is 5.97 Å². The van der Waals surface area contributed by atoms with Crippen LogP contribution in [-0.4, -0.2) is 27.7 Å². The number of carbonyl (C=O) groups is 1. The third-order valence-corrected chi connectivity index (χ3v) is 4.82. The maximum atomic E-state index is 12.0. The van der Waals surface area contributed by atoms with Gasteiger partial charge in [0.05, 0.1) is 12.1 Å². The summed E-state index contributed by atoms with van der Waals surface area (Å²) in [4.78, 5) is 19.6. The van der Waals surface area contributed by atoms with E-state index >= 15 is 0 Å². The number of esters is 1. The Kier molecular flexibility index (Phi) is 3.82. The lowest BCUT2D eigenvalue weighted by Crippen LogP contribution is -2.27. The Morgan fingerprint density at radius 2 is 2.22 bits per heavy atom. The summed E-state index contributed by atoms with van der Waals surface area (Å²) in [6.07, 6.45) is 2.98. The zero-order valence-corrected chi connectivity index (χ0v) is 14.2. The molecule has 124 valence electrons. The Bertz CT molecular complexity index is 756. The zero-order chi connectivity index (χ0) is 16.8. The molecule has 1 unspecified atom stereocenters. The summed E-state index contributed by atoms with van der Waals surface area (Å²) in [7, 11) is 0. The average Bonchev–Trinajstić information content (AvgIpc) is 2.78. The molecule has 0 saturated carbocycles. The predicted octanol–water partition coefficient (Wildman–Crippen LogP) is 3.60. The molecule has 0 aromatic carbocycles. The maximum absolute atomic E-state index is 12.0. The first-order valence-corrected chi connectivity index (χ1v) is 8.21. The number of aromatic hydroxyl groups is 1. The van der Waals surface area contributed by atoms with Crippen LogP contribution in [0.25, 0.3) is 11.0 Å². The Labute approximate surface area is 136 Å². The lowest BCUT2D eigenvalue weighted by molar-refractivity contribution is 0.0525. The van der Waals surface area contributed by atoms with E-state index in [1.165, 1.54) is 5.56 Å². The average molecular weight is 316 g/mol. The minimum atomic E-state index is -0.535. The molecule has 0 fully saturated rings. The monoisotopic (exact) mass is 316 g/mol. The van der Waals surface area contributed by atoms with Crippen molar-refractivity contribution in [3.8, 4) is 5.88 Å². The first-order chi connectivity index (χ1) is 10.8. The molecule has 2 aromatic rings. The number of aromatic amines is 1. The molecule has 2 N–H and O–H groups in total. The van der Waals surface area contributed by atoms with Crippen LogP contribution in [0.4, 0.5) is 0 Å². The normalized spacial score (nSPS) is 18.0. The fourth-order valence-corrected chi connectivity index (χ4v) is 3.39. The van der Waals surface area contributed by atoms with Gasteiger partial charge in [-0.3, -0.25) is 0 Å².